The molecule has 1 saturated carbocycles. The maximum absolute atomic E-state index is 12.7. The number of nitrogens with one attached hydrogen (secondary N) is 2. The first-order chi connectivity index (χ1) is 11.9. The predicted octanol–water partition coefficient (Wildman–Crippen LogP) is 2.02. The normalized spacial score (nSPS) is 20.6. The minimum absolute atomic E-state index is 0.0192. The summed E-state index contributed by atoms with van der Waals surface area (Å²) in [5.41, 5.74) is 0.831. The van der Waals surface area contributed by atoms with Crippen molar-refractivity contribution in [1.29, 1.82) is 0 Å². The van der Waals surface area contributed by atoms with Gasteiger partial charge in [0.2, 0.25) is 0 Å². The second-order valence-corrected chi connectivity index (χ2v) is 7.48. The molecule has 2 fully saturated rings. The highest BCUT2D eigenvalue weighted by Gasteiger charge is 2.40. The van der Waals surface area contributed by atoms with E-state index in [4.69, 9.17) is 16.3 Å². The van der Waals surface area contributed by atoms with Crippen LogP contribution in [0, 0.1) is 13.8 Å². The molecule has 7 heteroatoms. The molecule has 1 aromatic rings. The van der Waals surface area contributed by atoms with E-state index in [9.17, 15) is 9.59 Å². The van der Waals surface area contributed by atoms with E-state index in [1.54, 1.807) is 13.8 Å². The molecule has 0 aromatic carbocycles. The van der Waals surface area contributed by atoms with Crippen LogP contribution in [0.1, 0.15) is 47.3 Å². The highest BCUT2D eigenvalue weighted by Crippen LogP contribution is 2.35. The fraction of sp³-hybridized carbons (Fsp3) is 0.667. The second-order valence-electron chi connectivity index (χ2n) is 7.11. The standard InChI is InChI=1S/C18H26ClN3O3/c1-12-14(17(24)21-13(2)15(12)19)16(23)20-11-18(5-3-4-6-18)22-7-9-25-10-8-22/h3-11H2,1-2H3,(H,20,23)(H,21,24). The summed E-state index contributed by atoms with van der Waals surface area (Å²) in [6.07, 6.45) is 4.47. The van der Waals surface area contributed by atoms with E-state index in [-0.39, 0.29) is 22.6 Å². The molecule has 6 nitrogen and oxygen atoms in total. The van der Waals surface area contributed by atoms with Crippen molar-refractivity contribution in [2.24, 2.45) is 0 Å². The van der Waals surface area contributed by atoms with Crippen LogP contribution in [0.3, 0.4) is 0 Å². The topological polar surface area (TPSA) is 74.4 Å². The van der Waals surface area contributed by atoms with Crippen LogP contribution >= 0.6 is 11.6 Å². The lowest BCUT2D eigenvalue weighted by molar-refractivity contribution is -0.0199. The average Bonchev–Trinajstić information content (AvgIpc) is 3.09. The zero-order valence-electron chi connectivity index (χ0n) is 14.9. The Morgan fingerprint density at radius 3 is 2.56 bits per heavy atom. The van der Waals surface area contributed by atoms with Crippen molar-refractivity contribution in [3.63, 3.8) is 0 Å². The van der Waals surface area contributed by atoms with Crippen LogP contribution in [-0.2, 0) is 4.74 Å². The summed E-state index contributed by atoms with van der Waals surface area (Å²) in [5.74, 6) is -0.347. The molecule has 1 amide bonds. The van der Waals surface area contributed by atoms with Crippen molar-refractivity contribution in [3.8, 4) is 0 Å². The molecule has 0 atom stereocenters. The lowest BCUT2D eigenvalue weighted by atomic mass is 9.94. The fourth-order valence-corrected chi connectivity index (χ4v) is 4.27. The number of carbonyl (C=O) groups is 1. The van der Waals surface area contributed by atoms with Crippen LogP contribution in [-0.4, -0.2) is 54.2 Å². The molecule has 25 heavy (non-hydrogen) atoms. The number of hydrogen-bond acceptors (Lipinski definition) is 4. The van der Waals surface area contributed by atoms with E-state index in [0.29, 0.717) is 22.8 Å². The zero-order chi connectivity index (χ0) is 18.0. The SMILES string of the molecule is Cc1[nH]c(=O)c(C(=O)NCC2(N3CCOCC3)CCCC2)c(C)c1Cl. The number of ether oxygens (including phenoxy) is 1. The predicted molar refractivity (Wildman–Crippen MR) is 97.5 cm³/mol. The third-order valence-electron chi connectivity index (χ3n) is 5.58. The van der Waals surface area contributed by atoms with Gasteiger partial charge < -0.3 is 15.0 Å². The molecule has 1 aliphatic heterocycles. The number of H-pyrrole nitrogens is 1. The third-order valence-corrected chi connectivity index (χ3v) is 6.15. The summed E-state index contributed by atoms with van der Waals surface area (Å²) >= 11 is 6.20. The zero-order valence-corrected chi connectivity index (χ0v) is 15.7. The maximum Gasteiger partial charge on any atom is 0.261 e. The van der Waals surface area contributed by atoms with Crippen LogP contribution in [0.4, 0.5) is 0 Å². The molecule has 1 aliphatic carbocycles. The van der Waals surface area contributed by atoms with E-state index in [1.165, 1.54) is 12.8 Å². The molecule has 1 saturated heterocycles. The van der Waals surface area contributed by atoms with E-state index in [2.05, 4.69) is 15.2 Å². The molecule has 0 spiro atoms. The molecular weight excluding hydrogens is 342 g/mol. The smallest absolute Gasteiger partial charge is 0.261 e. The number of hydrogen-bond donors (Lipinski definition) is 2. The van der Waals surface area contributed by atoms with Crippen molar-refractivity contribution in [3.05, 3.63) is 32.2 Å². The first-order valence-corrected chi connectivity index (χ1v) is 9.32. The number of aromatic amines is 1. The van der Waals surface area contributed by atoms with Gasteiger partial charge in [-0.3, -0.25) is 14.5 Å². The van der Waals surface area contributed by atoms with E-state index >= 15 is 0 Å². The largest absolute Gasteiger partial charge is 0.379 e. The molecule has 0 bridgehead atoms. The minimum atomic E-state index is -0.385. The van der Waals surface area contributed by atoms with Crippen LogP contribution < -0.4 is 10.9 Å². The summed E-state index contributed by atoms with van der Waals surface area (Å²) in [6.45, 7) is 7.26. The van der Waals surface area contributed by atoms with E-state index in [1.807, 2.05) is 0 Å². The van der Waals surface area contributed by atoms with Gasteiger partial charge in [-0.1, -0.05) is 24.4 Å². The quantitative estimate of drug-likeness (QED) is 0.853. The van der Waals surface area contributed by atoms with Crippen molar-refractivity contribution >= 4 is 17.5 Å². The fourth-order valence-electron chi connectivity index (χ4n) is 4.13. The number of carbonyl (C=O) groups excluding carboxylic acids is 1. The highest BCUT2D eigenvalue weighted by molar-refractivity contribution is 6.32. The lowest BCUT2D eigenvalue weighted by Crippen LogP contribution is -2.57. The summed E-state index contributed by atoms with van der Waals surface area (Å²) in [6, 6.07) is 0. The van der Waals surface area contributed by atoms with Crippen LogP contribution in [0.25, 0.3) is 0 Å². The summed E-state index contributed by atoms with van der Waals surface area (Å²) in [5, 5.41) is 3.45. The molecule has 0 radical (unpaired) electrons. The van der Waals surface area contributed by atoms with Crippen molar-refractivity contribution in [2.45, 2.75) is 45.1 Å². The molecule has 3 rings (SSSR count). The van der Waals surface area contributed by atoms with Gasteiger partial charge in [-0.25, -0.2) is 0 Å². The van der Waals surface area contributed by atoms with Crippen LogP contribution in [0.2, 0.25) is 5.02 Å². The Balaban J connectivity index is 1.77. The van der Waals surface area contributed by atoms with Gasteiger partial charge in [0.05, 0.1) is 18.2 Å². The van der Waals surface area contributed by atoms with Crippen molar-refractivity contribution in [1.82, 2.24) is 15.2 Å². The van der Waals surface area contributed by atoms with Gasteiger partial charge in [0, 0.05) is 30.9 Å². The number of aryl methyl sites for hydroxylation is 1. The van der Waals surface area contributed by atoms with Gasteiger partial charge in [-0.2, -0.15) is 0 Å². The van der Waals surface area contributed by atoms with E-state index in [0.717, 1.165) is 39.1 Å². The third kappa shape index (κ3) is 3.61. The Kier molecular flexibility index (Phi) is 5.51. The maximum atomic E-state index is 12.7. The van der Waals surface area contributed by atoms with Crippen molar-refractivity contribution in [2.75, 3.05) is 32.8 Å². The van der Waals surface area contributed by atoms with Gasteiger partial charge in [0.1, 0.15) is 5.56 Å². The molecule has 2 aliphatic rings. The number of morpholine rings is 1. The summed E-state index contributed by atoms with van der Waals surface area (Å²) in [4.78, 5) is 30.0. The molecule has 2 N–H and O–H groups in total. The highest BCUT2D eigenvalue weighted by atomic mass is 35.5. The minimum Gasteiger partial charge on any atom is -0.379 e. The summed E-state index contributed by atoms with van der Waals surface area (Å²) < 4.78 is 5.47. The Labute approximate surface area is 152 Å². The van der Waals surface area contributed by atoms with Gasteiger partial charge in [0.15, 0.2) is 0 Å². The second kappa shape index (κ2) is 7.48. The number of aromatic nitrogens is 1. The molecule has 1 aromatic heterocycles. The summed E-state index contributed by atoms with van der Waals surface area (Å²) in [7, 11) is 0. The Morgan fingerprint density at radius 1 is 1.28 bits per heavy atom. The molecule has 138 valence electrons. The Bertz CT molecular complexity index is 704. The Morgan fingerprint density at radius 2 is 1.92 bits per heavy atom. The number of amides is 1. The first-order valence-electron chi connectivity index (χ1n) is 8.94. The lowest BCUT2D eigenvalue weighted by Gasteiger charge is -2.43. The molecular formula is C18H26ClN3O3. The molecule has 0 unspecified atom stereocenters. The van der Waals surface area contributed by atoms with E-state index < -0.39 is 0 Å². The van der Waals surface area contributed by atoms with Gasteiger partial charge in [-0.15, -0.1) is 0 Å². The first kappa shape index (κ1) is 18.4. The van der Waals surface area contributed by atoms with Crippen LogP contribution in [0.15, 0.2) is 4.79 Å². The number of rotatable bonds is 4. The number of halogens is 1. The number of pyridine rings is 1. The monoisotopic (exact) mass is 367 g/mol. The van der Waals surface area contributed by atoms with Crippen molar-refractivity contribution < 1.29 is 9.53 Å². The van der Waals surface area contributed by atoms with Gasteiger partial charge >= 0.3 is 0 Å². The number of nitrogens with zero attached hydrogens (tertiary/aromatic N) is 1. The Hall–Kier alpha value is -1.37. The molecule has 2 heterocycles. The van der Waals surface area contributed by atoms with Gasteiger partial charge in [0.25, 0.3) is 11.5 Å². The van der Waals surface area contributed by atoms with Crippen LogP contribution in [0.5, 0.6) is 0 Å². The average molecular weight is 368 g/mol. The van der Waals surface area contributed by atoms with Gasteiger partial charge in [-0.05, 0) is 32.3 Å².